The molecule has 0 aromatic heterocycles. The zero-order valence-corrected chi connectivity index (χ0v) is 10.7. The highest BCUT2D eigenvalue weighted by Gasteiger charge is 2.24. The van der Waals surface area contributed by atoms with Gasteiger partial charge in [-0.25, -0.2) is 0 Å². The molecule has 0 bridgehead atoms. The highest BCUT2D eigenvalue weighted by atomic mass is 32.2. The molecule has 2 aromatic rings. The molecule has 1 unspecified atom stereocenters. The Labute approximate surface area is 106 Å². The lowest BCUT2D eigenvalue weighted by molar-refractivity contribution is 0.589. The van der Waals surface area contributed by atoms with E-state index in [9.17, 15) is 4.55 Å². The van der Waals surface area contributed by atoms with Crippen LogP contribution in [-0.4, -0.2) is 10.3 Å². The van der Waals surface area contributed by atoms with Crippen LogP contribution < -0.4 is 0 Å². The quantitative estimate of drug-likeness (QED) is 0.754. The second-order valence-corrected chi connectivity index (χ2v) is 5.68. The van der Waals surface area contributed by atoms with Gasteiger partial charge in [-0.1, -0.05) is 60.7 Å². The summed E-state index contributed by atoms with van der Waals surface area (Å²) >= 11 is -0.867. The zero-order chi connectivity index (χ0) is 12.1. The molecule has 0 saturated carbocycles. The van der Waals surface area contributed by atoms with Gasteiger partial charge >= 0.3 is 0 Å². The van der Waals surface area contributed by atoms with E-state index in [1.165, 1.54) is 0 Å². The molecule has 0 aliphatic heterocycles. The van der Waals surface area contributed by atoms with E-state index in [1.807, 2.05) is 67.6 Å². The van der Waals surface area contributed by atoms with Crippen LogP contribution in [0.5, 0.6) is 0 Å². The molecule has 0 aliphatic carbocycles. The lowest BCUT2D eigenvalue weighted by Gasteiger charge is -2.21. The molecule has 0 saturated heterocycles. The van der Waals surface area contributed by atoms with Gasteiger partial charge in [-0.05, 0) is 18.1 Å². The summed E-state index contributed by atoms with van der Waals surface area (Å²) in [6, 6.07) is 20.2. The fourth-order valence-corrected chi connectivity index (χ4v) is 3.17. The summed E-state index contributed by atoms with van der Waals surface area (Å²) in [6.07, 6.45) is 0. The topological polar surface area (TPSA) is 23.1 Å². The number of hydrogen-bond donors (Lipinski definition) is 0. The maximum atomic E-state index is 12.2. The SMILES string of the molecule is CC[S+]([O-])C(c1ccccc1)c1ccccc1. The van der Waals surface area contributed by atoms with E-state index in [2.05, 4.69) is 0 Å². The summed E-state index contributed by atoms with van der Waals surface area (Å²) in [4.78, 5) is 0. The van der Waals surface area contributed by atoms with Crippen LogP contribution in [0.15, 0.2) is 60.7 Å². The summed E-state index contributed by atoms with van der Waals surface area (Å²) in [7, 11) is 0. The lowest BCUT2D eigenvalue weighted by atomic mass is 10.0. The normalized spacial score (nSPS) is 12.6. The number of rotatable bonds is 4. The third-order valence-corrected chi connectivity index (χ3v) is 4.39. The van der Waals surface area contributed by atoms with Gasteiger partial charge in [-0.15, -0.1) is 0 Å². The van der Waals surface area contributed by atoms with Crippen LogP contribution in [0, 0.1) is 0 Å². The van der Waals surface area contributed by atoms with Crippen LogP contribution in [0.3, 0.4) is 0 Å². The molecule has 0 N–H and O–H groups in total. The fourth-order valence-electron chi connectivity index (χ4n) is 1.92. The largest absolute Gasteiger partial charge is 0.616 e. The predicted molar refractivity (Wildman–Crippen MR) is 73.4 cm³/mol. The Bertz CT molecular complexity index is 401. The second-order valence-electron chi connectivity index (χ2n) is 3.87. The van der Waals surface area contributed by atoms with E-state index in [4.69, 9.17) is 0 Å². The third kappa shape index (κ3) is 2.90. The van der Waals surface area contributed by atoms with Gasteiger partial charge in [-0.3, -0.25) is 0 Å². The number of benzene rings is 2. The average molecular weight is 244 g/mol. The molecule has 2 heteroatoms. The molecular formula is C15H16OS. The van der Waals surface area contributed by atoms with E-state index in [1.54, 1.807) is 0 Å². The highest BCUT2D eigenvalue weighted by molar-refractivity contribution is 7.91. The molecule has 1 atom stereocenters. The van der Waals surface area contributed by atoms with Gasteiger partial charge in [0, 0.05) is 11.1 Å². The Hall–Kier alpha value is -1.25. The Balaban J connectivity index is 2.39. The molecule has 0 spiro atoms. The summed E-state index contributed by atoms with van der Waals surface area (Å²) in [5.74, 6) is 0.675. The smallest absolute Gasteiger partial charge is 0.165 e. The van der Waals surface area contributed by atoms with Crippen LogP contribution in [0.1, 0.15) is 23.3 Å². The molecular weight excluding hydrogens is 228 g/mol. The summed E-state index contributed by atoms with van der Waals surface area (Å²) in [5.41, 5.74) is 2.25. The van der Waals surface area contributed by atoms with Crippen LogP contribution >= 0.6 is 0 Å². The first-order valence-electron chi connectivity index (χ1n) is 5.80. The van der Waals surface area contributed by atoms with Gasteiger partial charge in [0.2, 0.25) is 0 Å². The Morgan fingerprint density at radius 1 is 0.882 bits per heavy atom. The first-order chi connectivity index (χ1) is 8.33. The van der Waals surface area contributed by atoms with Crippen molar-refractivity contribution >= 4 is 11.2 Å². The van der Waals surface area contributed by atoms with Gasteiger partial charge in [0.25, 0.3) is 0 Å². The minimum atomic E-state index is -0.867. The maximum Gasteiger partial charge on any atom is 0.165 e. The lowest BCUT2D eigenvalue weighted by Crippen LogP contribution is -2.16. The second kappa shape index (κ2) is 5.89. The standard InChI is InChI=1S/C15H16OS/c1-2-17(16)15(13-9-5-3-6-10-13)14-11-7-4-8-12-14/h3-12,15H,2H2,1H3. The summed E-state index contributed by atoms with van der Waals surface area (Å²) in [6.45, 7) is 1.97. The van der Waals surface area contributed by atoms with Gasteiger partial charge in [-0.2, -0.15) is 0 Å². The predicted octanol–water partition coefficient (Wildman–Crippen LogP) is 3.54. The van der Waals surface area contributed by atoms with E-state index in [0.29, 0.717) is 5.75 Å². The molecule has 17 heavy (non-hydrogen) atoms. The minimum Gasteiger partial charge on any atom is -0.616 e. The van der Waals surface area contributed by atoms with Crippen LogP contribution in [0.4, 0.5) is 0 Å². The van der Waals surface area contributed by atoms with E-state index in [0.717, 1.165) is 11.1 Å². The minimum absolute atomic E-state index is 0.0117. The number of hydrogen-bond acceptors (Lipinski definition) is 1. The average Bonchev–Trinajstić information content (AvgIpc) is 2.41. The van der Waals surface area contributed by atoms with Crippen molar-refractivity contribution in [2.24, 2.45) is 0 Å². The monoisotopic (exact) mass is 244 g/mol. The highest BCUT2D eigenvalue weighted by Crippen LogP contribution is 2.30. The van der Waals surface area contributed by atoms with E-state index in [-0.39, 0.29) is 5.25 Å². The van der Waals surface area contributed by atoms with Crippen molar-refractivity contribution in [2.75, 3.05) is 5.75 Å². The molecule has 0 radical (unpaired) electrons. The van der Waals surface area contributed by atoms with Crippen LogP contribution in [0.2, 0.25) is 0 Å². The Morgan fingerprint density at radius 2 is 1.29 bits per heavy atom. The molecule has 0 heterocycles. The molecule has 0 amide bonds. The molecule has 0 fully saturated rings. The zero-order valence-electron chi connectivity index (χ0n) is 9.87. The van der Waals surface area contributed by atoms with Crippen molar-refractivity contribution in [3.8, 4) is 0 Å². The van der Waals surface area contributed by atoms with E-state index < -0.39 is 11.2 Å². The first-order valence-corrected chi connectivity index (χ1v) is 7.18. The molecule has 0 aliphatic rings. The summed E-state index contributed by atoms with van der Waals surface area (Å²) < 4.78 is 12.2. The van der Waals surface area contributed by atoms with Crippen molar-refractivity contribution in [2.45, 2.75) is 12.2 Å². The van der Waals surface area contributed by atoms with Gasteiger partial charge < -0.3 is 4.55 Å². The molecule has 2 rings (SSSR count). The first kappa shape index (κ1) is 12.2. The fraction of sp³-hybridized carbons (Fsp3) is 0.200. The Morgan fingerprint density at radius 3 is 1.65 bits per heavy atom. The van der Waals surface area contributed by atoms with Gasteiger partial charge in [0.05, 0.1) is 0 Å². The van der Waals surface area contributed by atoms with Crippen molar-refractivity contribution in [3.05, 3.63) is 71.8 Å². The van der Waals surface area contributed by atoms with Gasteiger partial charge in [0.1, 0.15) is 5.75 Å². The summed E-state index contributed by atoms with van der Waals surface area (Å²) in [5, 5.41) is -0.0117. The molecule has 88 valence electrons. The molecule has 1 nitrogen and oxygen atoms in total. The van der Waals surface area contributed by atoms with Crippen molar-refractivity contribution in [1.29, 1.82) is 0 Å². The third-order valence-electron chi connectivity index (χ3n) is 2.75. The van der Waals surface area contributed by atoms with Crippen molar-refractivity contribution in [3.63, 3.8) is 0 Å². The maximum absolute atomic E-state index is 12.2. The molecule has 2 aromatic carbocycles. The van der Waals surface area contributed by atoms with Crippen molar-refractivity contribution in [1.82, 2.24) is 0 Å². The van der Waals surface area contributed by atoms with Crippen LogP contribution in [-0.2, 0) is 11.2 Å². The van der Waals surface area contributed by atoms with Gasteiger partial charge in [0.15, 0.2) is 5.25 Å². The van der Waals surface area contributed by atoms with Crippen LogP contribution in [0.25, 0.3) is 0 Å². The Kier molecular flexibility index (Phi) is 4.24. The van der Waals surface area contributed by atoms with Crippen molar-refractivity contribution < 1.29 is 4.55 Å². The van der Waals surface area contributed by atoms with E-state index >= 15 is 0 Å².